The highest BCUT2D eigenvalue weighted by atomic mass is 16.3. The number of hydrogen-bond acceptors (Lipinski definition) is 6. The molecular formula is C25H44N4O4. The van der Waals surface area contributed by atoms with Gasteiger partial charge in [0.15, 0.2) is 0 Å². The number of hydrogen-bond donors (Lipinski definition) is 3. The number of carbonyl (C=O) groups is 2. The van der Waals surface area contributed by atoms with Crippen molar-refractivity contribution in [1.82, 2.24) is 20.0 Å². The quantitative estimate of drug-likeness (QED) is 0.519. The van der Waals surface area contributed by atoms with Crippen LogP contribution in [0.5, 0.6) is 0 Å². The van der Waals surface area contributed by atoms with Crippen molar-refractivity contribution in [3.63, 3.8) is 0 Å². The Hall–Kier alpha value is -1.22. The van der Waals surface area contributed by atoms with E-state index in [1.807, 2.05) is 6.92 Å². The minimum Gasteiger partial charge on any atom is -0.390 e. The fourth-order valence-corrected chi connectivity index (χ4v) is 6.54. The molecule has 0 unspecified atom stereocenters. The molecule has 4 fully saturated rings. The van der Waals surface area contributed by atoms with Gasteiger partial charge in [0.1, 0.15) is 0 Å². The predicted molar refractivity (Wildman–Crippen MR) is 127 cm³/mol. The van der Waals surface area contributed by atoms with E-state index in [0.717, 1.165) is 38.9 Å². The summed E-state index contributed by atoms with van der Waals surface area (Å²) in [5.74, 6) is 0.813. The van der Waals surface area contributed by atoms with Crippen LogP contribution in [0.3, 0.4) is 0 Å². The lowest BCUT2D eigenvalue weighted by atomic mass is 9.75. The van der Waals surface area contributed by atoms with Crippen LogP contribution in [0.15, 0.2) is 0 Å². The highest BCUT2D eigenvalue weighted by Crippen LogP contribution is 2.38. The molecule has 188 valence electrons. The first-order valence-corrected chi connectivity index (χ1v) is 13.0. The molecule has 3 N–H and O–H groups in total. The van der Waals surface area contributed by atoms with Crippen molar-refractivity contribution < 1.29 is 19.8 Å². The lowest BCUT2D eigenvalue weighted by Crippen LogP contribution is -2.63. The maximum Gasteiger partial charge on any atom is 0.237 e. The van der Waals surface area contributed by atoms with Crippen LogP contribution in [0.2, 0.25) is 0 Å². The predicted octanol–water partition coefficient (Wildman–Crippen LogP) is 0.954. The average molecular weight is 465 g/mol. The lowest BCUT2D eigenvalue weighted by molar-refractivity contribution is -0.151. The summed E-state index contributed by atoms with van der Waals surface area (Å²) in [7, 11) is 0. The molecule has 2 heterocycles. The van der Waals surface area contributed by atoms with E-state index in [0.29, 0.717) is 51.2 Å². The topological polar surface area (TPSA) is 96.4 Å². The van der Waals surface area contributed by atoms with Crippen molar-refractivity contribution in [2.45, 2.75) is 101 Å². The summed E-state index contributed by atoms with van der Waals surface area (Å²) < 4.78 is 0. The van der Waals surface area contributed by atoms with E-state index in [-0.39, 0.29) is 29.9 Å². The molecule has 2 saturated carbocycles. The number of likely N-dealkylation sites (tertiary alicyclic amines) is 2. The van der Waals surface area contributed by atoms with Crippen molar-refractivity contribution >= 4 is 11.8 Å². The zero-order valence-corrected chi connectivity index (χ0v) is 20.8. The first-order chi connectivity index (χ1) is 15.5. The number of amides is 2. The highest BCUT2D eigenvalue weighted by Gasteiger charge is 2.46. The fraction of sp³-hybridized carbons (Fsp3) is 0.920. The molecule has 8 heteroatoms. The third-order valence-electron chi connectivity index (χ3n) is 8.11. The first-order valence-electron chi connectivity index (χ1n) is 13.0. The normalized spacial score (nSPS) is 39.9. The Labute approximate surface area is 198 Å². The molecule has 2 atom stereocenters. The van der Waals surface area contributed by atoms with Gasteiger partial charge in [-0.2, -0.15) is 0 Å². The van der Waals surface area contributed by atoms with Gasteiger partial charge in [0, 0.05) is 31.2 Å². The molecule has 2 amide bonds. The van der Waals surface area contributed by atoms with Crippen LogP contribution in [0.4, 0.5) is 0 Å². The third-order valence-corrected chi connectivity index (χ3v) is 8.11. The standard InChI is InChI=1S/C25H44N4O4/c1-18-6-4-8-27(14-18)17-23(31)29(21-12-25(3,33)13-21)20-7-5-9-28(15-20)16-22(30)26-19-10-24(2,32)11-19/h18-21,32-33H,4-17H2,1-3H3,(H,26,30)/t18-,19-,20-,21-,24+,25-/m1/s1. The van der Waals surface area contributed by atoms with Gasteiger partial charge in [-0.05, 0) is 84.2 Å². The van der Waals surface area contributed by atoms with E-state index in [1.165, 1.54) is 6.42 Å². The Morgan fingerprint density at radius 3 is 2.12 bits per heavy atom. The number of aliphatic hydroxyl groups is 2. The molecule has 0 aromatic heterocycles. The van der Waals surface area contributed by atoms with Gasteiger partial charge in [-0.15, -0.1) is 0 Å². The van der Waals surface area contributed by atoms with Gasteiger partial charge >= 0.3 is 0 Å². The fourth-order valence-electron chi connectivity index (χ4n) is 6.54. The summed E-state index contributed by atoms with van der Waals surface area (Å²) >= 11 is 0. The minimum absolute atomic E-state index is 0.00269. The van der Waals surface area contributed by atoms with Crippen LogP contribution in [-0.2, 0) is 9.59 Å². The maximum atomic E-state index is 13.5. The minimum atomic E-state index is -0.680. The molecule has 2 saturated heterocycles. The van der Waals surface area contributed by atoms with Crippen molar-refractivity contribution in [1.29, 1.82) is 0 Å². The first kappa shape index (κ1) is 24.9. The van der Waals surface area contributed by atoms with Gasteiger partial charge in [-0.3, -0.25) is 19.4 Å². The Balaban J connectivity index is 1.34. The lowest BCUT2D eigenvalue weighted by Gasteiger charge is -2.51. The van der Waals surface area contributed by atoms with Crippen LogP contribution in [0.25, 0.3) is 0 Å². The summed E-state index contributed by atoms with van der Waals surface area (Å²) in [4.78, 5) is 32.6. The third kappa shape index (κ3) is 6.47. The molecule has 0 spiro atoms. The maximum absolute atomic E-state index is 13.5. The zero-order valence-electron chi connectivity index (χ0n) is 20.8. The Kier molecular flexibility index (Phi) is 7.39. The molecule has 0 radical (unpaired) electrons. The Morgan fingerprint density at radius 1 is 0.909 bits per heavy atom. The molecule has 8 nitrogen and oxygen atoms in total. The molecule has 0 bridgehead atoms. The largest absolute Gasteiger partial charge is 0.390 e. The van der Waals surface area contributed by atoms with E-state index >= 15 is 0 Å². The van der Waals surface area contributed by atoms with Crippen LogP contribution in [-0.4, -0.2) is 105 Å². The van der Waals surface area contributed by atoms with E-state index in [1.54, 1.807) is 6.92 Å². The van der Waals surface area contributed by atoms with Crippen LogP contribution >= 0.6 is 0 Å². The van der Waals surface area contributed by atoms with E-state index in [2.05, 4.69) is 26.9 Å². The molecule has 2 aliphatic carbocycles. The summed E-state index contributed by atoms with van der Waals surface area (Å²) in [5.41, 5.74) is -1.33. The van der Waals surface area contributed by atoms with E-state index in [9.17, 15) is 19.8 Å². The Morgan fingerprint density at radius 2 is 1.52 bits per heavy atom. The number of nitrogens with one attached hydrogen (secondary N) is 1. The highest BCUT2D eigenvalue weighted by molar-refractivity contribution is 5.80. The zero-order chi connectivity index (χ0) is 23.8. The molecular weight excluding hydrogens is 420 g/mol. The van der Waals surface area contributed by atoms with Crippen LogP contribution in [0, 0.1) is 5.92 Å². The molecule has 2 aliphatic heterocycles. The number of rotatable bonds is 7. The van der Waals surface area contributed by atoms with Gasteiger partial charge in [0.25, 0.3) is 0 Å². The second-order valence-electron chi connectivity index (χ2n) is 12.0. The number of carbonyl (C=O) groups excluding carboxylic acids is 2. The van der Waals surface area contributed by atoms with Gasteiger partial charge in [0.2, 0.25) is 11.8 Å². The summed E-state index contributed by atoms with van der Waals surface area (Å²) in [6.45, 7) is 10.2. The number of piperidine rings is 2. The van der Waals surface area contributed by atoms with Gasteiger partial charge in [0.05, 0.1) is 24.3 Å². The second kappa shape index (κ2) is 9.80. The SMILES string of the molecule is C[C@@H]1CCCN(CC(=O)N([C@@H]2CCCN(CC(=O)N[C@H]3C[C@@](C)(O)C3)C2)[C@H]2C[C@](C)(O)C2)C1. The molecule has 4 rings (SSSR count). The van der Waals surface area contributed by atoms with Crippen molar-refractivity contribution in [3.05, 3.63) is 0 Å². The van der Waals surface area contributed by atoms with Crippen molar-refractivity contribution in [3.8, 4) is 0 Å². The van der Waals surface area contributed by atoms with Crippen molar-refractivity contribution in [2.24, 2.45) is 5.92 Å². The molecule has 4 aliphatic rings. The molecule has 0 aromatic carbocycles. The average Bonchev–Trinajstić information content (AvgIpc) is 2.65. The van der Waals surface area contributed by atoms with Crippen molar-refractivity contribution in [2.75, 3.05) is 39.3 Å². The summed E-state index contributed by atoms with van der Waals surface area (Å²) in [5, 5.41) is 23.3. The van der Waals surface area contributed by atoms with Gasteiger partial charge < -0.3 is 20.4 Å². The van der Waals surface area contributed by atoms with Crippen LogP contribution < -0.4 is 5.32 Å². The Bertz CT molecular complexity index is 711. The van der Waals surface area contributed by atoms with Gasteiger partial charge in [-0.1, -0.05) is 6.92 Å². The van der Waals surface area contributed by atoms with E-state index in [4.69, 9.17) is 0 Å². The summed E-state index contributed by atoms with van der Waals surface area (Å²) in [6, 6.07) is 0.243. The second-order valence-corrected chi connectivity index (χ2v) is 12.0. The number of nitrogens with zero attached hydrogens (tertiary/aromatic N) is 3. The summed E-state index contributed by atoms with van der Waals surface area (Å²) in [6.07, 6.45) is 6.78. The monoisotopic (exact) mass is 464 g/mol. The van der Waals surface area contributed by atoms with Gasteiger partial charge in [-0.25, -0.2) is 0 Å². The smallest absolute Gasteiger partial charge is 0.237 e. The molecule has 0 aromatic rings. The van der Waals surface area contributed by atoms with E-state index < -0.39 is 11.2 Å². The van der Waals surface area contributed by atoms with Crippen LogP contribution in [0.1, 0.15) is 72.1 Å². The molecule has 33 heavy (non-hydrogen) atoms.